The summed E-state index contributed by atoms with van der Waals surface area (Å²) in [6.45, 7) is 5.73. The van der Waals surface area contributed by atoms with Gasteiger partial charge in [-0.3, -0.25) is 4.21 Å². The molecule has 3 unspecified atom stereocenters. The number of ether oxygens (including phenoxy) is 1. The molecular weight excluding hydrogens is 216 g/mol. The van der Waals surface area contributed by atoms with Crippen LogP contribution in [0.4, 0.5) is 0 Å². The second-order valence-corrected chi connectivity index (χ2v) is 7.04. The summed E-state index contributed by atoms with van der Waals surface area (Å²) in [6.07, 6.45) is 0.360. The van der Waals surface area contributed by atoms with E-state index in [2.05, 4.69) is 0 Å². The summed E-state index contributed by atoms with van der Waals surface area (Å²) < 4.78 is 16.8. The summed E-state index contributed by atoms with van der Waals surface area (Å²) in [4.78, 5) is 10.6. The Morgan fingerprint density at radius 1 is 1.47 bits per heavy atom. The Kier molecular flexibility index (Phi) is 3.89. The van der Waals surface area contributed by atoms with Gasteiger partial charge in [0, 0.05) is 15.5 Å². The quantitative estimate of drug-likeness (QED) is 0.796. The minimum Gasteiger partial charge on any atom is -0.479 e. The fourth-order valence-corrected chi connectivity index (χ4v) is 2.51. The van der Waals surface area contributed by atoms with Gasteiger partial charge in [0.2, 0.25) is 0 Å². The van der Waals surface area contributed by atoms with Crippen molar-refractivity contribution in [1.82, 2.24) is 0 Å². The molecule has 3 atom stereocenters. The SMILES string of the molecule is CC(C)(C)S(=O)CC1CCC(C(=O)O)O1. The first-order valence-electron chi connectivity index (χ1n) is 5.07. The highest BCUT2D eigenvalue weighted by atomic mass is 32.2. The van der Waals surface area contributed by atoms with E-state index in [9.17, 15) is 9.00 Å². The lowest BCUT2D eigenvalue weighted by molar-refractivity contribution is -0.148. The van der Waals surface area contributed by atoms with E-state index in [-0.39, 0.29) is 10.9 Å². The maximum atomic E-state index is 11.8. The summed E-state index contributed by atoms with van der Waals surface area (Å²) in [6, 6.07) is 0. The molecule has 15 heavy (non-hydrogen) atoms. The van der Waals surface area contributed by atoms with Crippen LogP contribution >= 0.6 is 0 Å². The van der Waals surface area contributed by atoms with Gasteiger partial charge in [-0.1, -0.05) is 0 Å². The van der Waals surface area contributed by atoms with Gasteiger partial charge >= 0.3 is 5.97 Å². The second-order valence-electron chi connectivity index (χ2n) is 4.79. The molecular formula is C10H18O4S. The number of carbonyl (C=O) groups is 1. The van der Waals surface area contributed by atoms with Crippen LogP contribution in [-0.2, 0) is 20.3 Å². The van der Waals surface area contributed by atoms with Gasteiger partial charge in [0.1, 0.15) is 0 Å². The van der Waals surface area contributed by atoms with Crippen molar-refractivity contribution in [3.05, 3.63) is 0 Å². The average molecular weight is 234 g/mol. The molecule has 5 heteroatoms. The van der Waals surface area contributed by atoms with Gasteiger partial charge in [-0.2, -0.15) is 0 Å². The molecule has 1 aliphatic heterocycles. The molecule has 1 saturated heterocycles. The van der Waals surface area contributed by atoms with Crippen molar-refractivity contribution < 1.29 is 18.8 Å². The van der Waals surface area contributed by atoms with E-state index in [0.29, 0.717) is 18.6 Å². The summed E-state index contributed by atoms with van der Waals surface area (Å²) in [5.41, 5.74) is 0. The molecule has 1 heterocycles. The van der Waals surface area contributed by atoms with Crippen molar-refractivity contribution in [1.29, 1.82) is 0 Å². The molecule has 4 nitrogen and oxygen atoms in total. The average Bonchev–Trinajstić information content (AvgIpc) is 2.50. The Labute approximate surface area is 92.5 Å². The molecule has 0 aromatic rings. The molecule has 0 aliphatic carbocycles. The summed E-state index contributed by atoms with van der Waals surface area (Å²) in [5, 5.41) is 8.72. The molecule has 88 valence electrons. The third-order valence-corrected chi connectivity index (χ3v) is 4.44. The number of hydrogen-bond donors (Lipinski definition) is 1. The normalized spacial score (nSPS) is 29.0. The molecule has 1 N–H and O–H groups in total. The molecule has 0 spiro atoms. The molecule has 1 rings (SSSR count). The van der Waals surface area contributed by atoms with E-state index in [1.807, 2.05) is 20.8 Å². The van der Waals surface area contributed by atoms with Crippen LogP contribution in [0.1, 0.15) is 33.6 Å². The molecule has 0 aromatic heterocycles. The molecule has 0 saturated carbocycles. The van der Waals surface area contributed by atoms with E-state index in [4.69, 9.17) is 9.84 Å². The molecule has 1 fully saturated rings. The lowest BCUT2D eigenvalue weighted by atomic mass is 10.2. The molecule has 0 amide bonds. The van der Waals surface area contributed by atoms with Gasteiger partial charge in [-0.05, 0) is 33.6 Å². The predicted molar refractivity (Wildman–Crippen MR) is 58.3 cm³/mol. The molecule has 0 bridgehead atoms. The highest BCUT2D eigenvalue weighted by Crippen LogP contribution is 2.23. The van der Waals surface area contributed by atoms with E-state index in [1.165, 1.54) is 0 Å². The highest BCUT2D eigenvalue weighted by Gasteiger charge is 2.33. The molecule has 0 radical (unpaired) electrons. The van der Waals surface area contributed by atoms with Crippen molar-refractivity contribution in [3.8, 4) is 0 Å². The van der Waals surface area contributed by atoms with Gasteiger partial charge < -0.3 is 9.84 Å². The monoisotopic (exact) mass is 234 g/mol. The zero-order valence-corrected chi connectivity index (χ0v) is 10.2. The summed E-state index contributed by atoms with van der Waals surface area (Å²) >= 11 is 0. The zero-order chi connectivity index (χ0) is 11.6. The third kappa shape index (κ3) is 3.57. The van der Waals surface area contributed by atoms with Gasteiger partial charge in [0.05, 0.1) is 11.9 Å². The Bertz CT molecular complexity index is 269. The predicted octanol–water partition coefficient (Wildman–Crippen LogP) is 1.17. The topological polar surface area (TPSA) is 63.6 Å². The number of carboxylic acids is 1. The number of rotatable bonds is 3. The lowest BCUT2D eigenvalue weighted by Crippen LogP contribution is -2.30. The van der Waals surface area contributed by atoms with Crippen molar-refractivity contribution in [2.45, 2.75) is 50.6 Å². The van der Waals surface area contributed by atoms with Crippen LogP contribution < -0.4 is 0 Å². The standard InChI is InChI=1S/C10H18O4S/c1-10(2,3)15(13)6-7-4-5-8(14-7)9(11)12/h7-8H,4-6H2,1-3H3,(H,11,12). The van der Waals surface area contributed by atoms with Crippen LogP contribution in [0.3, 0.4) is 0 Å². The van der Waals surface area contributed by atoms with E-state index >= 15 is 0 Å². The minimum atomic E-state index is -0.973. The van der Waals surface area contributed by atoms with Crippen molar-refractivity contribution in [3.63, 3.8) is 0 Å². The summed E-state index contributed by atoms with van der Waals surface area (Å²) in [5.74, 6) is -0.480. The van der Waals surface area contributed by atoms with Gasteiger partial charge in [-0.25, -0.2) is 4.79 Å². The number of carboxylic acid groups (broad SMARTS) is 1. The van der Waals surface area contributed by atoms with Crippen LogP contribution in [-0.4, -0.2) is 38.0 Å². The van der Waals surface area contributed by atoms with Crippen molar-refractivity contribution in [2.75, 3.05) is 5.75 Å². The smallest absolute Gasteiger partial charge is 0.332 e. The van der Waals surface area contributed by atoms with Gasteiger partial charge in [0.25, 0.3) is 0 Å². The van der Waals surface area contributed by atoms with Crippen LogP contribution in [0.15, 0.2) is 0 Å². The minimum absolute atomic E-state index is 0.161. The van der Waals surface area contributed by atoms with E-state index in [1.54, 1.807) is 0 Å². The first-order valence-corrected chi connectivity index (χ1v) is 6.39. The number of aliphatic carboxylic acids is 1. The fourth-order valence-electron chi connectivity index (χ4n) is 1.43. The third-order valence-electron chi connectivity index (χ3n) is 2.40. The zero-order valence-electron chi connectivity index (χ0n) is 9.36. The van der Waals surface area contributed by atoms with Crippen molar-refractivity contribution >= 4 is 16.8 Å². The molecule has 0 aromatic carbocycles. The fraction of sp³-hybridized carbons (Fsp3) is 0.900. The second kappa shape index (κ2) is 4.61. The maximum Gasteiger partial charge on any atom is 0.332 e. The number of hydrogen-bond acceptors (Lipinski definition) is 3. The van der Waals surface area contributed by atoms with Gasteiger partial charge in [0.15, 0.2) is 6.10 Å². The maximum absolute atomic E-state index is 11.8. The Morgan fingerprint density at radius 3 is 2.47 bits per heavy atom. The first kappa shape index (κ1) is 12.6. The van der Waals surface area contributed by atoms with E-state index < -0.39 is 22.9 Å². The lowest BCUT2D eigenvalue weighted by Gasteiger charge is -2.20. The largest absolute Gasteiger partial charge is 0.479 e. The van der Waals surface area contributed by atoms with Crippen LogP contribution in [0, 0.1) is 0 Å². The van der Waals surface area contributed by atoms with Crippen LogP contribution in [0.5, 0.6) is 0 Å². The first-order chi connectivity index (χ1) is 6.80. The van der Waals surface area contributed by atoms with E-state index in [0.717, 1.165) is 0 Å². The Morgan fingerprint density at radius 2 is 2.07 bits per heavy atom. The van der Waals surface area contributed by atoms with Crippen molar-refractivity contribution in [2.24, 2.45) is 0 Å². The summed E-state index contributed by atoms with van der Waals surface area (Å²) in [7, 11) is -0.973. The van der Waals surface area contributed by atoms with Crippen LogP contribution in [0.2, 0.25) is 0 Å². The molecule has 1 aliphatic rings. The Balaban J connectivity index is 2.43. The Hall–Kier alpha value is -0.420. The highest BCUT2D eigenvalue weighted by molar-refractivity contribution is 7.86. The van der Waals surface area contributed by atoms with Crippen LogP contribution in [0.25, 0.3) is 0 Å². The van der Waals surface area contributed by atoms with Gasteiger partial charge in [-0.15, -0.1) is 0 Å².